The number of aliphatic hydroxyl groups is 1. The summed E-state index contributed by atoms with van der Waals surface area (Å²) in [6.07, 6.45) is 5.53. The van der Waals surface area contributed by atoms with Gasteiger partial charge in [0.15, 0.2) is 0 Å². The molecule has 0 spiro atoms. The van der Waals surface area contributed by atoms with E-state index < -0.39 is 13.9 Å². The van der Waals surface area contributed by atoms with Crippen LogP contribution < -0.4 is 4.74 Å². The molecule has 0 heterocycles. The maximum Gasteiger partial charge on any atom is 0.120 e. The lowest BCUT2D eigenvalue weighted by atomic mass is 10.0. The molecule has 158 valence electrons. The number of aliphatic hydroxyl groups excluding tert-OH is 1. The lowest BCUT2D eigenvalue weighted by Crippen LogP contribution is -1.98. The minimum atomic E-state index is -0.862. The molecule has 0 aromatic heterocycles. The fourth-order valence-corrected chi connectivity index (χ4v) is 3.75. The second-order valence-electron chi connectivity index (χ2n) is 7.43. The summed E-state index contributed by atoms with van der Waals surface area (Å²) in [5.74, 6) is 0.831. The maximum atomic E-state index is 9.75. The zero-order valence-electron chi connectivity index (χ0n) is 17.8. The second-order valence-corrected chi connectivity index (χ2v) is 9.50. The number of hydrogen-bond donors (Lipinski definition) is 1. The second kappa shape index (κ2) is 11.2. The van der Waals surface area contributed by atoms with Gasteiger partial charge in [0, 0.05) is 0 Å². The zero-order chi connectivity index (χ0) is 21.3. The fraction of sp³-hybridized carbons (Fsp3) is 0.269. The molecule has 3 nitrogen and oxygen atoms in total. The van der Waals surface area contributed by atoms with Crippen molar-refractivity contribution in [3.05, 3.63) is 89.5 Å². The van der Waals surface area contributed by atoms with E-state index in [0.29, 0.717) is 6.61 Å². The molecule has 2 unspecified atom stereocenters. The summed E-state index contributed by atoms with van der Waals surface area (Å²) in [4.78, 5) is 0. The predicted molar refractivity (Wildman–Crippen MR) is 129 cm³/mol. The van der Waals surface area contributed by atoms with Crippen LogP contribution >= 0.6 is 7.77 Å². The van der Waals surface area contributed by atoms with Crippen LogP contribution in [0, 0.1) is 0 Å². The lowest BCUT2D eigenvalue weighted by molar-refractivity contribution is 0.199. The Bertz CT molecular complexity index is 964. The van der Waals surface area contributed by atoms with Gasteiger partial charge in [-0.2, -0.15) is 0 Å². The molecule has 3 aromatic carbocycles. The van der Waals surface area contributed by atoms with Crippen molar-refractivity contribution in [3.63, 3.8) is 0 Å². The molecule has 2 atom stereocenters. The van der Waals surface area contributed by atoms with Crippen LogP contribution in [0.1, 0.15) is 36.6 Å². The number of rotatable bonds is 10. The van der Waals surface area contributed by atoms with Gasteiger partial charge in [-0.25, -0.2) is 0 Å². The summed E-state index contributed by atoms with van der Waals surface area (Å²) in [5.41, 5.74) is 5.51. The monoisotopic (exact) mass is 422 g/mol. The minimum absolute atomic E-state index is 0.469. The van der Waals surface area contributed by atoms with E-state index in [1.807, 2.05) is 36.4 Å². The van der Waals surface area contributed by atoms with E-state index in [-0.39, 0.29) is 0 Å². The molecule has 30 heavy (non-hydrogen) atoms. The number of benzene rings is 3. The van der Waals surface area contributed by atoms with Gasteiger partial charge >= 0.3 is 0 Å². The highest BCUT2D eigenvalue weighted by Gasteiger charge is 2.04. The molecular weight excluding hydrogens is 391 g/mol. The van der Waals surface area contributed by atoms with Crippen molar-refractivity contribution in [3.8, 4) is 16.9 Å². The van der Waals surface area contributed by atoms with Crippen molar-refractivity contribution in [1.29, 1.82) is 0 Å². The van der Waals surface area contributed by atoms with Crippen LogP contribution in [-0.4, -0.2) is 24.2 Å². The Hall–Kier alpha value is -2.32. The highest BCUT2D eigenvalue weighted by molar-refractivity contribution is 7.50. The van der Waals surface area contributed by atoms with Crippen molar-refractivity contribution in [2.24, 2.45) is 0 Å². The third-order valence-corrected chi connectivity index (χ3v) is 6.45. The van der Waals surface area contributed by atoms with Crippen LogP contribution in [0.25, 0.3) is 11.1 Å². The third-order valence-electron chi connectivity index (χ3n) is 5.05. The SMILES string of the molecule is C=[PH](CC)OCCc1ccc(-c2cccc(OCc3cccc(C(C)O)c3)c2)cc1. The van der Waals surface area contributed by atoms with Gasteiger partial charge in [-0.15, -0.1) is 0 Å². The van der Waals surface area contributed by atoms with Gasteiger partial charge in [0.2, 0.25) is 0 Å². The first-order chi connectivity index (χ1) is 14.5. The van der Waals surface area contributed by atoms with Crippen LogP contribution in [0.3, 0.4) is 0 Å². The average Bonchev–Trinajstić information content (AvgIpc) is 2.78. The normalized spacial score (nSPS) is 13.0. The molecule has 0 aliphatic carbocycles. The summed E-state index contributed by atoms with van der Waals surface area (Å²) in [5, 5.41) is 9.75. The van der Waals surface area contributed by atoms with E-state index in [1.165, 1.54) is 5.56 Å². The molecule has 3 aromatic rings. The Morgan fingerprint density at radius 2 is 1.70 bits per heavy atom. The van der Waals surface area contributed by atoms with Gasteiger partial charge in [0.25, 0.3) is 0 Å². The molecule has 0 fully saturated rings. The van der Waals surface area contributed by atoms with Gasteiger partial charge < -0.3 is 14.4 Å². The van der Waals surface area contributed by atoms with E-state index in [9.17, 15) is 5.11 Å². The molecule has 0 bridgehead atoms. The summed E-state index contributed by atoms with van der Waals surface area (Å²) in [6, 6.07) is 24.6. The molecule has 0 saturated heterocycles. The van der Waals surface area contributed by atoms with E-state index in [4.69, 9.17) is 9.26 Å². The van der Waals surface area contributed by atoms with Gasteiger partial charge in [-0.05, 0) is 73.3 Å². The first kappa shape index (κ1) is 22.4. The molecule has 3 rings (SSSR count). The number of ether oxygens (including phenoxy) is 1. The zero-order valence-corrected chi connectivity index (χ0v) is 18.8. The molecular formula is C26H31O3P. The van der Waals surface area contributed by atoms with Crippen LogP contribution in [0.4, 0.5) is 0 Å². The van der Waals surface area contributed by atoms with Gasteiger partial charge in [-0.3, -0.25) is 0 Å². The summed E-state index contributed by atoms with van der Waals surface area (Å²) >= 11 is 0. The largest absolute Gasteiger partial charge is 0.489 e. The molecule has 1 N–H and O–H groups in total. The molecule has 4 heteroatoms. The van der Waals surface area contributed by atoms with E-state index >= 15 is 0 Å². The highest BCUT2D eigenvalue weighted by Crippen LogP contribution is 2.26. The Morgan fingerprint density at radius 3 is 2.43 bits per heavy atom. The van der Waals surface area contributed by atoms with Crippen molar-refractivity contribution in [2.45, 2.75) is 33.0 Å². The lowest BCUT2D eigenvalue weighted by Gasteiger charge is -2.11. The number of hydrogen-bond acceptors (Lipinski definition) is 3. The van der Waals surface area contributed by atoms with E-state index in [0.717, 1.165) is 47.2 Å². The molecule has 0 aliphatic heterocycles. The smallest absolute Gasteiger partial charge is 0.120 e. The summed E-state index contributed by atoms with van der Waals surface area (Å²) < 4.78 is 11.8. The Morgan fingerprint density at radius 1 is 0.933 bits per heavy atom. The summed E-state index contributed by atoms with van der Waals surface area (Å²) in [6.45, 7) is 5.10. The fourth-order valence-electron chi connectivity index (χ4n) is 3.15. The van der Waals surface area contributed by atoms with Gasteiger partial charge in [-0.1, -0.05) is 67.8 Å². The van der Waals surface area contributed by atoms with Crippen molar-refractivity contribution >= 4 is 14.1 Å². The van der Waals surface area contributed by atoms with Crippen LogP contribution in [0.15, 0.2) is 72.8 Å². The topological polar surface area (TPSA) is 38.7 Å². The Labute approximate surface area is 180 Å². The van der Waals surface area contributed by atoms with Gasteiger partial charge in [0.05, 0.1) is 12.7 Å². The van der Waals surface area contributed by atoms with Crippen LogP contribution in [0.2, 0.25) is 0 Å². The maximum absolute atomic E-state index is 9.75. The Kier molecular flexibility index (Phi) is 8.33. The van der Waals surface area contributed by atoms with Crippen molar-refractivity contribution in [1.82, 2.24) is 0 Å². The quantitative estimate of drug-likeness (QED) is 0.400. The van der Waals surface area contributed by atoms with E-state index in [1.54, 1.807) is 6.92 Å². The molecule has 0 aliphatic rings. The first-order valence-electron chi connectivity index (χ1n) is 10.4. The first-order valence-corrected chi connectivity index (χ1v) is 12.3. The Balaban J connectivity index is 1.61. The summed E-state index contributed by atoms with van der Waals surface area (Å²) in [7, 11) is -0.862. The van der Waals surface area contributed by atoms with Crippen molar-refractivity contribution < 1.29 is 14.4 Å². The van der Waals surface area contributed by atoms with E-state index in [2.05, 4.69) is 49.6 Å². The average molecular weight is 423 g/mol. The molecule has 0 saturated carbocycles. The van der Waals surface area contributed by atoms with Crippen molar-refractivity contribution in [2.75, 3.05) is 12.8 Å². The molecule has 0 radical (unpaired) electrons. The van der Waals surface area contributed by atoms with Gasteiger partial charge in [0.1, 0.15) is 12.4 Å². The predicted octanol–water partition coefficient (Wildman–Crippen LogP) is 6.13. The third kappa shape index (κ3) is 6.60. The standard InChI is InChI=1S/C26H31O3P/c1-4-30(3)29-16-15-21-11-13-23(14-12-21)25-9-6-10-26(18-25)28-19-22-7-5-8-24(17-22)20(2)27/h5-14,17-18,20,27,30H,3-4,15-16,19H2,1-2H3. The minimum Gasteiger partial charge on any atom is -0.489 e. The van der Waals surface area contributed by atoms with Crippen LogP contribution in [-0.2, 0) is 17.6 Å². The highest BCUT2D eigenvalue weighted by atomic mass is 31.1. The van der Waals surface area contributed by atoms with Crippen LogP contribution in [0.5, 0.6) is 5.75 Å². The molecule has 0 amide bonds.